The molecule has 3 heterocycles. The minimum absolute atomic E-state index is 0.0307. The second kappa shape index (κ2) is 7.68. The van der Waals surface area contributed by atoms with Gasteiger partial charge in [0.2, 0.25) is 5.65 Å². The normalized spacial score (nSPS) is 16.6. The summed E-state index contributed by atoms with van der Waals surface area (Å²) in [6, 6.07) is 15.3. The van der Waals surface area contributed by atoms with Crippen LogP contribution in [-0.2, 0) is 0 Å². The second-order valence-corrected chi connectivity index (χ2v) is 7.48. The molecule has 1 unspecified atom stereocenters. The van der Waals surface area contributed by atoms with Gasteiger partial charge in [0.05, 0.1) is 11.0 Å². The molecule has 9 nitrogen and oxygen atoms in total. The molecule has 0 aliphatic carbocycles. The Balaban J connectivity index is 1.38. The molecule has 1 fully saturated rings. The summed E-state index contributed by atoms with van der Waals surface area (Å²) in [6.07, 6.45) is 2.13. The number of hydrogen-bond acceptors (Lipinski definition) is 7. The third-order valence-electron chi connectivity index (χ3n) is 5.56. The molecule has 1 aliphatic heterocycles. The summed E-state index contributed by atoms with van der Waals surface area (Å²) >= 11 is 0. The van der Waals surface area contributed by atoms with Crippen LogP contribution < -0.4 is 10.6 Å². The number of amides is 1. The van der Waals surface area contributed by atoms with E-state index in [-0.39, 0.29) is 11.9 Å². The molecule has 0 saturated carbocycles. The van der Waals surface area contributed by atoms with E-state index < -0.39 is 0 Å². The van der Waals surface area contributed by atoms with E-state index in [1.165, 1.54) is 0 Å². The lowest BCUT2D eigenvalue weighted by Gasteiger charge is -2.31. The number of benzene rings is 2. The first-order chi connectivity index (χ1) is 14.7. The lowest BCUT2D eigenvalue weighted by molar-refractivity contribution is 0.0708. The Kier molecular flexibility index (Phi) is 4.72. The van der Waals surface area contributed by atoms with E-state index in [2.05, 4.69) is 31.1 Å². The lowest BCUT2D eigenvalue weighted by atomic mass is 10.1. The Morgan fingerprint density at radius 1 is 1.20 bits per heavy atom. The highest BCUT2D eigenvalue weighted by atomic mass is 16.2. The van der Waals surface area contributed by atoms with Crippen LogP contribution in [-0.4, -0.2) is 62.0 Å². The quantitative estimate of drug-likeness (QED) is 0.540. The van der Waals surface area contributed by atoms with Crippen molar-refractivity contribution in [3.05, 3.63) is 54.1 Å². The summed E-state index contributed by atoms with van der Waals surface area (Å²) < 4.78 is 1.66. The SMILES string of the molecule is CN(C(=O)c1ccc(Nc2nc3ccccc3n3nnnc23)cc1)C1CCCNC1. The van der Waals surface area contributed by atoms with Gasteiger partial charge in [0.15, 0.2) is 5.82 Å². The fourth-order valence-electron chi connectivity index (χ4n) is 3.86. The lowest BCUT2D eigenvalue weighted by Crippen LogP contribution is -2.46. The zero-order valence-electron chi connectivity index (χ0n) is 16.6. The molecule has 9 heteroatoms. The van der Waals surface area contributed by atoms with Crippen LogP contribution in [0.25, 0.3) is 16.7 Å². The number of piperidine rings is 1. The minimum atomic E-state index is 0.0307. The summed E-state index contributed by atoms with van der Waals surface area (Å²) in [6.45, 7) is 1.87. The molecule has 1 atom stereocenters. The summed E-state index contributed by atoms with van der Waals surface area (Å²) in [5.41, 5.74) is 3.63. The van der Waals surface area contributed by atoms with Gasteiger partial charge in [-0.15, -0.1) is 5.10 Å². The molecule has 2 N–H and O–H groups in total. The summed E-state index contributed by atoms with van der Waals surface area (Å²) in [4.78, 5) is 19.3. The molecule has 0 radical (unpaired) electrons. The summed E-state index contributed by atoms with van der Waals surface area (Å²) in [5, 5.41) is 18.6. The number of hydrogen-bond donors (Lipinski definition) is 2. The van der Waals surface area contributed by atoms with Crippen molar-refractivity contribution in [2.45, 2.75) is 18.9 Å². The summed E-state index contributed by atoms with van der Waals surface area (Å²) in [5.74, 6) is 0.589. The number of rotatable bonds is 4. The topological polar surface area (TPSA) is 100 Å². The minimum Gasteiger partial charge on any atom is -0.337 e. The number of para-hydroxylation sites is 2. The molecule has 4 aromatic rings. The first kappa shape index (κ1) is 18.4. The molecule has 2 aromatic carbocycles. The zero-order valence-corrected chi connectivity index (χ0v) is 16.6. The van der Waals surface area contributed by atoms with Gasteiger partial charge in [-0.05, 0) is 66.2 Å². The van der Waals surface area contributed by atoms with Gasteiger partial charge >= 0.3 is 0 Å². The van der Waals surface area contributed by atoms with Gasteiger partial charge < -0.3 is 15.5 Å². The van der Waals surface area contributed by atoms with E-state index in [4.69, 9.17) is 0 Å². The van der Waals surface area contributed by atoms with E-state index in [1.54, 1.807) is 4.52 Å². The van der Waals surface area contributed by atoms with Gasteiger partial charge in [0.1, 0.15) is 0 Å². The third kappa shape index (κ3) is 3.33. The number of carbonyl (C=O) groups is 1. The zero-order chi connectivity index (χ0) is 20.5. The number of nitrogens with zero attached hydrogens (tertiary/aromatic N) is 6. The van der Waals surface area contributed by atoms with E-state index in [0.717, 1.165) is 42.7 Å². The van der Waals surface area contributed by atoms with Crippen LogP contribution >= 0.6 is 0 Å². The Bertz CT molecular complexity index is 1200. The molecule has 152 valence electrons. The smallest absolute Gasteiger partial charge is 0.253 e. The van der Waals surface area contributed by atoms with E-state index in [1.807, 2.05) is 60.5 Å². The van der Waals surface area contributed by atoms with Crippen LogP contribution in [0, 0.1) is 0 Å². The molecule has 0 spiro atoms. The molecule has 1 amide bonds. The fraction of sp³-hybridized carbons (Fsp3) is 0.286. The summed E-state index contributed by atoms with van der Waals surface area (Å²) in [7, 11) is 1.88. The highest BCUT2D eigenvalue weighted by Gasteiger charge is 2.22. The van der Waals surface area contributed by atoms with Crippen molar-refractivity contribution < 1.29 is 4.79 Å². The van der Waals surface area contributed by atoms with Crippen LogP contribution in [0.1, 0.15) is 23.2 Å². The van der Waals surface area contributed by atoms with E-state index in [0.29, 0.717) is 17.0 Å². The highest BCUT2D eigenvalue weighted by molar-refractivity contribution is 5.94. The average Bonchev–Trinajstić information content (AvgIpc) is 3.30. The number of likely N-dealkylation sites (N-methyl/N-ethyl adjacent to an activating group) is 1. The van der Waals surface area contributed by atoms with Crippen molar-refractivity contribution in [3.8, 4) is 0 Å². The maximum absolute atomic E-state index is 12.8. The maximum Gasteiger partial charge on any atom is 0.253 e. The highest BCUT2D eigenvalue weighted by Crippen LogP contribution is 2.23. The number of nitrogens with one attached hydrogen (secondary N) is 2. The molecule has 1 aliphatic rings. The molecule has 2 aromatic heterocycles. The van der Waals surface area contributed by atoms with Crippen LogP contribution in [0.5, 0.6) is 0 Å². The molecule has 1 saturated heterocycles. The van der Waals surface area contributed by atoms with Crippen LogP contribution in [0.4, 0.5) is 11.5 Å². The van der Waals surface area contributed by atoms with Crippen LogP contribution in [0.2, 0.25) is 0 Å². The number of tetrazole rings is 1. The average molecular weight is 402 g/mol. The Labute approximate surface area is 173 Å². The number of anilines is 2. The van der Waals surface area contributed by atoms with Crippen molar-refractivity contribution in [2.75, 3.05) is 25.5 Å². The van der Waals surface area contributed by atoms with Crippen molar-refractivity contribution in [1.29, 1.82) is 0 Å². The largest absolute Gasteiger partial charge is 0.337 e. The second-order valence-electron chi connectivity index (χ2n) is 7.48. The van der Waals surface area contributed by atoms with Gasteiger partial charge in [0.25, 0.3) is 5.91 Å². The standard InChI is InChI=1S/C21H22N8O/c1-28(16-5-4-12-22-13-16)21(30)14-8-10-15(11-9-14)23-19-20-25-26-27-29(20)18-7-3-2-6-17(18)24-19/h2-3,6-11,16,22H,4-5,12-13H2,1H3,(H,23,24). The Morgan fingerprint density at radius 2 is 2.03 bits per heavy atom. The van der Waals surface area contributed by atoms with Crippen molar-refractivity contribution in [1.82, 2.24) is 35.2 Å². The number of aromatic nitrogens is 5. The number of carbonyl (C=O) groups excluding carboxylic acids is 1. The van der Waals surface area contributed by atoms with Crippen molar-refractivity contribution >= 4 is 34.1 Å². The van der Waals surface area contributed by atoms with Gasteiger partial charge in [-0.25, -0.2) is 4.98 Å². The van der Waals surface area contributed by atoms with Crippen LogP contribution in [0.15, 0.2) is 48.5 Å². The predicted octanol–water partition coefficient (Wildman–Crippen LogP) is 2.24. The first-order valence-electron chi connectivity index (χ1n) is 10.0. The van der Waals surface area contributed by atoms with Gasteiger partial charge in [-0.2, -0.15) is 4.52 Å². The van der Waals surface area contributed by atoms with Gasteiger partial charge in [-0.1, -0.05) is 12.1 Å². The fourth-order valence-corrected chi connectivity index (χ4v) is 3.86. The Hall–Kier alpha value is -3.59. The van der Waals surface area contributed by atoms with Crippen LogP contribution in [0.3, 0.4) is 0 Å². The first-order valence-corrected chi connectivity index (χ1v) is 10.0. The molecule has 0 bridgehead atoms. The molecular weight excluding hydrogens is 380 g/mol. The number of fused-ring (bicyclic) bond motifs is 3. The van der Waals surface area contributed by atoms with Crippen molar-refractivity contribution in [2.24, 2.45) is 0 Å². The van der Waals surface area contributed by atoms with Gasteiger partial charge in [-0.3, -0.25) is 4.79 Å². The molecule has 5 rings (SSSR count). The van der Waals surface area contributed by atoms with E-state index in [9.17, 15) is 4.79 Å². The maximum atomic E-state index is 12.8. The molecule has 30 heavy (non-hydrogen) atoms. The Morgan fingerprint density at radius 3 is 2.83 bits per heavy atom. The predicted molar refractivity (Wildman–Crippen MR) is 114 cm³/mol. The third-order valence-corrected chi connectivity index (χ3v) is 5.56. The monoisotopic (exact) mass is 402 g/mol. The molecular formula is C21H22N8O. The van der Waals surface area contributed by atoms with Gasteiger partial charge in [0, 0.05) is 30.9 Å². The van der Waals surface area contributed by atoms with Crippen molar-refractivity contribution in [3.63, 3.8) is 0 Å². The van der Waals surface area contributed by atoms with E-state index >= 15 is 0 Å².